The lowest BCUT2D eigenvalue weighted by molar-refractivity contribution is -0.133. The third-order valence-corrected chi connectivity index (χ3v) is 7.93. The molecule has 13 heteroatoms. The van der Waals surface area contributed by atoms with Crippen molar-refractivity contribution in [3.8, 4) is 5.75 Å². The molecule has 2 bridgehead atoms. The molecule has 2 aliphatic heterocycles. The number of rotatable bonds is 4. The van der Waals surface area contributed by atoms with Crippen molar-refractivity contribution in [1.29, 1.82) is 0 Å². The molecule has 1 fully saturated rings. The van der Waals surface area contributed by atoms with Crippen LogP contribution >= 0.6 is 0 Å². The predicted molar refractivity (Wildman–Crippen MR) is 159 cm³/mol. The molecule has 2 atom stereocenters. The number of hydrogen-bond acceptors (Lipinski definition) is 6. The first-order valence-corrected chi connectivity index (χ1v) is 14.7. The highest BCUT2D eigenvalue weighted by Gasteiger charge is 2.40. The Morgan fingerprint density at radius 1 is 1.04 bits per heavy atom. The zero-order valence-corrected chi connectivity index (χ0v) is 25.2. The van der Waals surface area contributed by atoms with Crippen molar-refractivity contribution in [2.24, 2.45) is 5.92 Å². The predicted octanol–water partition coefficient (Wildman–Crippen LogP) is 2.69. The zero-order valence-electron chi connectivity index (χ0n) is 25.2. The van der Waals surface area contributed by atoms with E-state index in [0.717, 1.165) is 23.0 Å². The van der Waals surface area contributed by atoms with Crippen molar-refractivity contribution in [3.05, 3.63) is 82.7 Å². The average Bonchev–Trinajstić information content (AvgIpc) is 3.59. The maximum absolute atomic E-state index is 14.3. The van der Waals surface area contributed by atoms with Crippen LogP contribution in [-0.2, 0) is 32.1 Å². The molecular weight excluding hydrogens is 588 g/mol. The highest BCUT2D eigenvalue weighted by molar-refractivity contribution is 5.84. The number of carboxylic acid groups (broad SMARTS) is 1. The summed E-state index contributed by atoms with van der Waals surface area (Å²) in [5.41, 5.74) is 2.57. The van der Waals surface area contributed by atoms with Gasteiger partial charge in [0.1, 0.15) is 12.3 Å². The molecule has 5 rings (SSSR count). The molecule has 1 saturated heterocycles. The topological polar surface area (TPSA) is 134 Å². The van der Waals surface area contributed by atoms with Crippen LogP contribution in [0, 0.1) is 31.4 Å². The summed E-state index contributed by atoms with van der Waals surface area (Å²) in [6.45, 7) is 5.44. The monoisotopic (exact) mass is 625 g/mol. The van der Waals surface area contributed by atoms with Crippen LogP contribution in [0.5, 0.6) is 5.75 Å². The third-order valence-electron chi connectivity index (χ3n) is 7.93. The Balaban J connectivity index is 0.00000148. The van der Waals surface area contributed by atoms with Gasteiger partial charge in [0.2, 0.25) is 17.7 Å². The van der Waals surface area contributed by atoms with Crippen LogP contribution < -0.4 is 10.1 Å². The van der Waals surface area contributed by atoms with Crippen LogP contribution in [0.25, 0.3) is 0 Å². The molecule has 3 amide bonds. The number of carbonyl (C=O) groups is 4. The Kier molecular flexibility index (Phi) is 11.2. The van der Waals surface area contributed by atoms with E-state index < -0.39 is 17.6 Å². The standard InChI is InChI=1S/C31H35F2N5O4.CH2O2/c1-20-14-21(2)38(35-20)19-29(40)36-11-5-13-42-24-8-3-6-22(15-24)25-17-37(18-26(25)31(41)34-10-12-36)28(39)16-23-7-4-9-27(32)30(23)33;2-1-3/h3-4,6-9,14-15,25-26H,5,10-13,16-19H2,1-2H3,(H,34,41);1H,(H,2,3)/t25-,26+;/m1./s1. The Labute approximate surface area is 259 Å². The lowest BCUT2D eigenvalue weighted by atomic mass is 9.88. The Bertz CT molecular complexity index is 1530. The van der Waals surface area contributed by atoms with Crippen molar-refractivity contribution < 1.29 is 37.8 Å². The van der Waals surface area contributed by atoms with Crippen molar-refractivity contribution in [2.45, 2.75) is 39.2 Å². The van der Waals surface area contributed by atoms with Gasteiger partial charge in [-0.15, -0.1) is 0 Å². The number of benzene rings is 2. The van der Waals surface area contributed by atoms with E-state index in [-0.39, 0.29) is 68.3 Å². The van der Waals surface area contributed by atoms with E-state index in [1.165, 1.54) is 17.0 Å². The maximum Gasteiger partial charge on any atom is 0.290 e. The number of fused-ring (bicyclic) bond motifs is 4. The normalized spacial score (nSPS) is 18.4. The summed E-state index contributed by atoms with van der Waals surface area (Å²) < 4.78 is 35.7. The first-order valence-electron chi connectivity index (χ1n) is 14.7. The third kappa shape index (κ3) is 8.43. The van der Waals surface area contributed by atoms with Gasteiger partial charge in [-0.05, 0) is 50.1 Å². The molecule has 0 aliphatic carbocycles. The molecule has 0 spiro atoms. The molecule has 11 nitrogen and oxygen atoms in total. The van der Waals surface area contributed by atoms with E-state index in [0.29, 0.717) is 31.9 Å². The molecule has 0 unspecified atom stereocenters. The second kappa shape index (κ2) is 15.3. The quantitative estimate of drug-likeness (QED) is 0.426. The lowest BCUT2D eigenvalue weighted by Gasteiger charge is -2.25. The molecule has 2 N–H and O–H groups in total. The molecule has 3 heterocycles. The van der Waals surface area contributed by atoms with Gasteiger partial charge in [-0.3, -0.25) is 23.9 Å². The average molecular weight is 626 g/mol. The van der Waals surface area contributed by atoms with Gasteiger partial charge in [0.25, 0.3) is 6.47 Å². The number of aromatic nitrogens is 2. The second-order valence-corrected chi connectivity index (χ2v) is 11.0. The van der Waals surface area contributed by atoms with Crippen LogP contribution in [0.2, 0.25) is 0 Å². The molecule has 1 aromatic heterocycles. The van der Waals surface area contributed by atoms with Crippen LogP contribution in [0.4, 0.5) is 8.78 Å². The Morgan fingerprint density at radius 3 is 2.51 bits per heavy atom. The fourth-order valence-electron chi connectivity index (χ4n) is 5.72. The van der Waals surface area contributed by atoms with Gasteiger partial charge < -0.3 is 25.0 Å². The summed E-state index contributed by atoms with van der Waals surface area (Å²) in [4.78, 5) is 51.5. The minimum atomic E-state index is -1.04. The fourth-order valence-corrected chi connectivity index (χ4v) is 5.72. The molecule has 3 aromatic rings. The Hall–Kier alpha value is -4.81. The minimum absolute atomic E-state index is 0.0246. The fraction of sp³-hybridized carbons (Fsp3) is 0.406. The SMILES string of the molecule is Cc1cc(C)n(CC(=O)N2CCCOc3cccc(c3)[C@H]3CN(C(=O)Cc4cccc(F)c4F)C[C@@H]3C(=O)NCC2)n1.O=CO. The van der Waals surface area contributed by atoms with Crippen molar-refractivity contribution in [3.63, 3.8) is 0 Å². The van der Waals surface area contributed by atoms with Gasteiger partial charge in [-0.1, -0.05) is 24.3 Å². The number of amides is 3. The molecule has 2 aromatic carbocycles. The number of halogens is 2. The summed E-state index contributed by atoms with van der Waals surface area (Å²) in [6, 6.07) is 13.1. The van der Waals surface area contributed by atoms with Gasteiger partial charge in [-0.2, -0.15) is 5.10 Å². The molecule has 240 valence electrons. The van der Waals surface area contributed by atoms with E-state index >= 15 is 0 Å². The highest BCUT2D eigenvalue weighted by Crippen LogP contribution is 2.35. The number of likely N-dealkylation sites (tertiary alicyclic amines) is 1. The van der Waals surface area contributed by atoms with Crippen LogP contribution in [0.3, 0.4) is 0 Å². The summed E-state index contributed by atoms with van der Waals surface area (Å²) in [5.74, 6) is -3.02. The number of ether oxygens (including phenoxy) is 1. The van der Waals surface area contributed by atoms with Crippen molar-refractivity contribution in [2.75, 3.05) is 39.3 Å². The highest BCUT2D eigenvalue weighted by atomic mass is 19.2. The lowest BCUT2D eigenvalue weighted by Crippen LogP contribution is -2.43. The van der Waals surface area contributed by atoms with Gasteiger partial charge in [0, 0.05) is 49.9 Å². The summed E-state index contributed by atoms with van der Waals surface area (Å²) in [6.07, 6.45) is 0.298. The molecular formula is C32H37F2N5O6. The van der Waals surface area contributed by atoms with E-state index in [1.54, 1.807) is 9.58 Å². The number of carbonyl (C=O) groups excluding carboxylic acids is 3. The molecule has 0 radical (unpaired) electrons. The van der Waals surface area contributed by atoms with Gasteiger partial charge in [0.15, 0.2) is 11.6 Å². The largest absolute Gasteiger partial charge is 0.494 e. The maximum atomic E-state index is 14.3. The summed E-state index contributed by atoms with van der Waals surface area (Å²) in [7, 11) is 0. The number of nitrogens with one attached hydrogen (secondary N) is 1. The molecule has 2 aliphatic rings. The van der Waals surface area contributed by atoms with Crippen molar-refractivity contribution >= 4 is 24.2 Å². The van der Waals surface area contributed by atoms with Gasteiger partial charge in [0.05, 0.1) is 24.6 Å². The molecule has 0 saturated carbocycles. The zero-order chi connectivity index (χ0) is 32.5. The first kappa shape index (κ1) is 33.1. The van der Waals surface area contributed by atoms with Crippen LogP contribution in [-0.4, -0.2) is 88.2 Å². The van der Waals surface area contributed by atoms with E-state index in [9.17, 15) is 23.2 Å². The van der Waals surface area contributed by atoms with Crippen LogP contribution in [0.15, 0.2) is 48.5 Å². The second-order valence-electron chi connectivity index (χ2n) is 11.0. The van der Waals surface area contributed by atoms with E-state index in [4.69, 9.17) is 14.6 Å². The minimum Gasteiger partial charge on any atom is -0.494 e. The van der Waals surface area contributed by atoms with E-state index in [1.807, 2.05) is 44.2 Å². The number of hydrogen-bond donors (Lipinski definition) is 2. The summed E-state index contributed by atoms with van der Waals surface area (Å²) >= 11 is 0. The first-order chi connectivity index (χ1) is 21.6. The number of nitrogens with zero attached hydrogens (tertiary/aromatic N) is 4. The number of aryl methyl sites for hydroxylation is 2. The van der Waals surface area contributed by atoms with Crippen molar-refractivity contribution in [1.82, 2.24) is 24.9 Å². The summed E-state index contributed by atoms with van der Waals surface area (Å²) in [5, 5.41) is 14.3. The van der Waals surface area contributed by atoms with Gasteiger partial charge >= 0.3 is 0 Å². The van der Waals surface area contributed by atoms with Crippen LogP contribution in [0.1, 0.15) is 34.9 Å². The Morgan fingerprint density at radius 2 is 1.78 bits per heavy atom. The van der Waals surface area contributed by atoms with Gasteiger partial charge in [-0.25, -0.2) is 8.78 Å². The van der Waals surface area contributed by atoms with E-state index in [2.05, 4.69) is 10.4 Å². The smallest absolute Gasteiger partial charge is 0.290 e. The molecule has 45 heavy (non-hydrogen) atoms.